The molecule has 0 saturated heterocycles. The molecule has 0 saturated carbocycles. The minimum atomic E-state index is -0.595. The zero-order valence-electron chi connectivity index (χ0n) is 8.90. The molecule has 1 aromatic heterocycles. The molecule has 0 atom stereocenters. The SMILES string of the molecule is CCC(CC)COC(=O)c1noc(N)n1. The van der Waals surface area contributed by atoms with Gasteiger partial charge in [-0.1, -0.05) is 26.7 Å². The van der Waals surface area contributed by atoms with Crippen molar-refractivity contribution in [1.29, 1.82) is 0 Å². The van der Waals surface area contributed by atoms with Crippen molar-refractivity contribution in [1.82, 2.24) is 10.1 Å². The Bertz CT molecular complexity index is 320. The fourth-order valence-electron chi connectivity index (χ4n) is 1.10. The summed E-state index contributed by atoms with van der Waals surface area (Å²) >= 11 is 0. The van der Waals surface area contributed by atoms with Gasteiger partial charge in [0.05, 0.1) is 6.61 Å². The van der Waals surface area contributed by atoms with Gasteiger partial charge in [0.25, 0.3) is 5.82 Å². The number of rotatable bonds is 5. The van der Waals surface area contributed by atoms with Crippen molar-refractivity contribution in [2.45, 2.75) is 26.7 Å². The number of hydrogen-bond donors (Lipinski definition) is 1. The molecule has 1 rings (SSSR count). The molecule has 2 N–H and O–H groups in total. The van der Waals surface area contributed by atoms with Crippen molar-refractivity contribution in [2.75, 3.05) is 12.3 Å². The van der Waals surface area contributed by atoms with Crippen molar-refractivity contribution in [3.8, 4) is 0 Å². The van der Waals surface area contributed by atoms with E-state index < -0.39 is 5.97 Å². The molecule has 6 nitrogen and oxygen atoms in total. The van der Waals surface area contributed by atoms with Crippen LogP contribution in [0.5, 0.6) is 0 Å². The Morgan fingerprint density at radius 1 is 1.53 bits per heavy atom. The van der Waals surface area contributed by atoms with Crippen LogP contribution >= 0.6 is 0 Å². The number of carbonyl (C=O) groups excluding carboxylic acids is 1. The molecule has 0 bridgehead atoms. The maximum atomic E-state index is 11.3. The van der Waals surface area contributed by atoms with Gasteiger partial charge in [0.2, 0.25) is 0 Å². The quantitative estimate of drug-likeness (QED) is 0.740. The van der Waals surface area contributed by atoms with Crippen LogP contribution in [0.15, 0.2) is 4.52 Å². The first-order chi connectivity index (χ1) is 7.17. The molecule has 0 fully saturated rings. The van der Waals surface area contributed by atoms with E-state index in [0.29, 0.717) is 12.5 Å². The van der Waals surface area contributed by atoms with Gasteiger partial charge >= 0.3 is 12.0 Å². The zero-order chi connectivity index (χ0) is 11.3. The lowest BCUT2D eigenvalue weighted by Crippen LogP contribution is -2.14. The maximum absolute atomic E-state index is 11.3. The van der Waals surface area contributed by atoms with Gasteiger partial charge in [0.15, 0.2) is 0 Å². The number of nitrogen functional groups attached to an aromatic ring is 1. The van der Waals surface area contributed by atoms with E-state index in [1.807, 2.05) is 13.8 Å². The summed E-state index contributed by atoms with van der Waals surface area (Å²) in [7, 11) is 0. The smallest absolute Gasteiger partial charge is 0.380 e. The second-order valence-electron chi connectivity index (χ2n) is 3.24. The summed E-state index contributed by atoms with van der Waals surface area (Å²) < 4.78 is 9.47. The average Bonchev–Trinajstić information content (AvgIpc) is 2.66. The molecule has 0 aromatic carbocycles. The minimum absolute atomic E-state index is 0.126. The Balaban J connectivity index is 2.42. The van der Waals surface area contributed by atoms with Crippen LogP contribution in [0, 0.1) is 5.92 Å². The van der Waals surface area contributed by atoms with Crippen molar-refractivity contribution in [2.24, 2.45) is 5.92 Å². The highest BCUT2D eigenvalue weighted by atomic mass is 16.5. The highest BCUT2D eigenvalue weighted by Gasteiger charge is 2.16. The number of nitrogens with two attached hydrogens (primary N) is 1. The Kier molecular flexibility index (Phi) is 4.08. The van der Waals surface area contributed by atoms with E-state index in [4.69, 9.17) is 10.5 Å². The van der Waals surface area contributed by atoms with Crippen molar-refractivity contribution in [3.05, 3.63) is 5.82 Å². The van der Waals surface area contributed by atoms with E-state index in [-0.39, 0.29) is 11.8 Å². The molecular weight excluding hydrogens is 198 g/mol. The average molecular weight is 213 g/mol. The largest absolute Gasteiger partial charge is 0.459 e. The minimum Gasteiger partial charge on any atom is -0.459 e. The predicted molar refractivity (Wildman–Crippen MR) is 53.1 cm³/mol. The van der Waals surface area contributed by atoms with Crippen LogP contribution in [-0.2, 0) is 4.74 Å². The molecule has 1 aromatic rings. The summed E-state index contributed by atoms with van der Waals surface area (Å²) in [6.07, 6.45) is 1.94. The normalized spacial score (nSPS) is 10.6. The molecule has 0 amide bonds. The van der Waals surface area contributed by atoms with Gasteiger partial charge in [-0.15, -0.1) is 0 Å². The van der Waals surface area contributed by atoms with Gasteiger partial charge in [-0.05, 0) is 11.1 Å². The van der Waals surface area contributed by atoms with Crippen LogP contribution in [-0.4, -0.2) is 22.7 Å². The molecule has 0 aliphatic rings. The summed E-state index contributed by atoms with van der Waals surface area (Å²) in [5.41, 5.74) is 5.18. The third-order valence-corrected chi connectivity index (χ3v) is 2.23. The number of ether oxygens (including phenoxy) is 1. The molecule has 0 radical (unpaired) electrons. The molecule has 15 heavy (non-hydrogen) atoms. The topological polar surface area (TPSA) is 91.2 Å². The van der Waals surface area contributed by atoms with Crippen molar-refractivity contribution >= 4 is 12.0 Å². The number of aromatic nitrogens is 2. The van der Waals surface area contributed by atoms with Gasteiger partial charge in [-0.3, -0.25) is 0 Å². The van der Waals surface area contributed by atoms with Crippen molar-refractivity contribution < 1.29 is 14.1 Å². The van der Waals surface area contributed by atoms with Crippen LogP contribution in [0.4, 0.5) is 6.01 Å². The maximum Gasteiger partial charge on any atom is 0.380 e. The summed E-state index contributed by atoms with van der Waals surface area (Å²) in [4.78, 5) is 14.9. The Hall–Kier alpha value is -1.59. The van der Waals surface area contributed by atoms with E-state index in [1.54, 1.807) is 0 Å². The molecule has 1 heterocycles. The van der Waals surface area contributed by atoms with E-state index in [1.165, 1.54) is 0 Å². The Morgan fingerprint density at radius 2 is 2.20 bits per heavy atom. The summed E-state index contributed by atoms with van der Waals surface area (Å²) in [5, 5.41) is 3.36. The number of carbonyl (C=O) groups is 1. The lowest BCUT2D eigenvalue weighted by Gasteiger charge is -2.10. The molecule has 6 heteroatoms. The number of nitrogens with zero attached hydrogens (tertiary/aromatic N) is 2. The van der Waals surface area contributed by atoms with Crippen LogP contribution in [0.25, 0.3) is 0 Å². The fourth-order valence-corrected chi connectivity index (χ4v) is 1.10. The van der Waals surface area contributed by atoms with E-state index in [9.17, 15) is 4.79 Å². The Morgan fingerprint density at radius 3 is 2.67 bits per heavy atom. The fraction of sp³-hybridized carbons (Fsp3) is 0.667. The summed E-state index contributed by atoms with van der Waals surface area (Å²) in [6.45, 7) is 4.48. The van der Waals surface area contributed by atoms with Crippen LogP contribution < -0.4 is 5.73 Å². The molecule has 0 unspecified atom stereocenters. The van der Waals surface area contributed by atoms with Gasteiger partial charge in [0, 0.05) is 0 Å². The molecule has 0 aliphatic heterocycles. The van der Waals surface area contributed by atoms with Gasteiger partial charge in [-0.2, -0.15) is 4.98 Å². The van der Waals surface area contributed by atoms with Crippen LogP contribution in [0.2, 0.25) is 0 Å². The highest BCUT2D eigenvalue weighted by molar-refractivity contribution is 5.85. The van der Waals surface area contributed by atoms with E-state index in [0.717, 1.165) is 12.8 Å². The molecule has 0 spiro atoms. The highest BCUT2D eigenvalue weighted by Crippen LogP contribution is 2.09. The monoisotopic (exact) mass is 213 g/mol. The lowest BCUT2D eigenvalue weighted by molar-refractivity contribution is 0.0415. The third kappa shape index (κ3) is 3.23. The van der Waals surface area contributed by atoms with E-state index >= 15 is 0 Å². The molecule has 84 valence electrons. The van der Waals surface area contributed by atoms with Gasteiger partial charge in [0.1, 0.15) is 0 Å². The number of esters is 1. The van der Waals surface area contributed by atoms with E-state index in [2.05, 4.69) is 14.7 Å². The van der Waals surface area contributed by atoms with Crippen LogP contribution in [0.3, 0.4) is 0 Å². The first-order valence-corrected chi connectivity index (χ1v) is 4.93. The number of anilines is 1. The lowest BCUT2D eigenvalue weighted by atomic mass is 10.1. The molecule has 0 aliphatic carbocycles. The molecular formula is C9H15N3O3. The van der Waals surface area contributed by atoms with Gasteiger partial charge in [-0.25, -0.2) is 4.79 Å². The third-order valence-electron chi connectivity index (χ3n) is 2.23. The first-order valence-electron chi connectivity index (χ1n) is 4.93. The number of hydrogen-bond acceptors (Lipinski definition) is 6. The zero-order valence-corrected chi connectivity index (χ0v) is 8.90. The standard InChI is InChI=1S/C9H15N3O3/c1-3-6(4-2)5-14-8(13)7-11-9(10)15-12-7/h6H,3-5H2,1-2H3,(H2,10,11,12). The van der Waals surface area contributed by atoms with Crippen LogP contribution in [0.1, 0.15) is 37.3 Å². The second kappa shape index (κ2) is 5.33. The predicted octanol–water partition coefficient (Wildman–Crippen LogP) is 1.24. The second-order valence-corrected chi connectivity index (χ2v) is 3.24. The van der Waals surface area contributed by atoms with Gasteiger partial charge < -0.3 is 15.0 Å². The first kappa shape index (κ1) is 11.5. The summed E-state index contributed by atoms with van der Waals surface area (Å²) in [6, 6.07) is -0.135. The summed E-state index contributed by atoms with van der Waals surface area (Å²) in [5.74, 6) is -0.348. The Labute approximate surface area is 87.8 Å². The van der Waals surface area contributed by atoms with Crippen molar-refractivity contribution in [3.63, 3.8) is 0 Å².